The second-order valence-electron chi connectivity index (χ2n) is 3.71. The number of aromatic nitrogens is 1. The Hall–Kier alpha value is -0.930. The molecule has 0 fully saturated rings. The van der Waals surface area contributed by atoms with Gasteiger partial charge in [-0.3, -0.25) is 0 Å². The molecular formula is C12H16N2S. The van der Waals surface area contributed by atoms with Gasteiger partial charge in [-0.15, -0.1) is 11.8 Å². The topological polar surface area (TPSA) is 27.8 Å². The van der Waals surface area contributed by atoms with E-state index in [1.807, 2.05) is 18.8 Å². The number of benzene rings is 1. The minimum absolute atomic E-state index is 0.586. The fourth-order valence-corrected chi connectivity index (χ4v) is 2.70. The van der Waals surface area contributed by atoms with Gasteiger partial charge in [0.1, 0.15) is 0 Å². The molecule has 0 radical (unpaired) electrons. The lowest BCUT2D eigenvalue weighted by Crippen LogP contribution is -2.17. The summed E-state index contributed by atoms with van der Waals surface area (Å²) in [6, 6.07) is 10.6. The largest absolute Gasteiger partial charge is 0.350 e. The summed E-state index contributed by atoms with van der Waals surface area (Å²) in [5, 5.41) is 6.31. The predicted octanol–water partition coefficient (Wildman–Crippen LogP) is 2.87. The summed E-state index contributed by atoms with van der Waals surface area (Å²) in [6.07, 6.45) is 0. The standard InChI is InChI=1S/C12H16N2S/c1-9(8-13-2)15-12-7-10-5-3-4-6-11(10)14-12/h3-7,9,13-14H,8H2,1-2H3. The van der Waals surface area contributed by atoms with Crippen LogP contribution in [0.4, 0.5) is 0 Å². The highest BCUT2D eigenvalue weighted by Gasteiger charge is 2.05. The van der Waals surface area contributed by atoms with Crippen molar-refractivity contribution in [2.45, 2.75) is 17.2 Å². The van der Waals surface area contributed by atoms with E-state index in [1.54, 1.807) is 0 Å². The van der Waals surface area contributed by atoms with Crippen LogP contribution in [0.1, 0.15) is 6.92 Å². The molecule has 0 aliphatic rings. The first kappa shape index (κ1) is 10.6. The number of nitrogens with one attached hydrogen (secondary N) is 2. The first-order chi connectivity index (χ1) is 7.29. The third kappa shape index (κ3) is 2.55. The van der Waals surface area contributed by atoms with Crippen molar-refractivity contribution in [3.63, 3.8) is 0 Å². The summed E-state index contributed by atoms with van der Waals surface area (Å²) in [4.78, 5) is 3.42. The van der Waals surface area contributed by atoms with Crippen molar-refractivity contribution >= 4 is 22.7 Å². The predicted molar refractivity (Wildman–Crippen MR) is 67.5 cm³/mol. The Kier molecular flexibility index (Phi) is 3.34. The summed E-state index contributed by atoms with van der Waals surface area (Å²) < 4.78 is 0. The summed E-state index contributed by atoms with van der Waals surface area (Å²) >= 11 is 1.88. The van der Waals surface area contributed by atoms with Gasteiger partial charge in [0, 0.05) is 22.7 Å². The van der Waals surface area contributed by atoms with E-state index >= 15 is 0 Å². The molecule has 1 atom stereocenters. The van der Waals surface area contributed by atoms with Crippen molar-refractivity contribution in [3.8, 4) is 0 Å². The maximum absolute atomic E-state index is 3.42. The molecule has 0 aliphatic carbocycles. The van der Waals surface area contributed by atoms with Crippen LogP contribution >= 0.6 is 11.8 Å². The van der Waals surface area contributed by atoms with Crippen LogP contribution in [-0.2, 0) is 0 Å². The molecule has 0 spiro atoms. The number of rotatable bonds is 4. The van der Waals surface area contributed by atoms with Crippen LogP contribution < -0.4 is 5.32 Å². The second kappa shape index (κ2) is 4.73. The summed E-state index contributed by atoms with van der Waals surface area (Å²) in [6.45, 7) is 3.26. The third-order valence-corrected chi connectivity index (χ3v) is 3.37. The molecule has 3 heteroatoms. The Labute approximate surface area is 94.5 Å². The van der Waals surface area contributed by atoms with Crippen molar-refractivity contribution in [1.29, 1.82) is 0 Å². The molecule has 80 valence electrons. The molecule has 1 unspecified atom stereocenters. The molecule has 2 nitrogen and oxygen atoms in total. The molecule has 0 amide bonds. The fourth-order valence-electron chi connectivity index (χ4n) is 1.66. The third-order valence-electron chi connectivity index (χ3n) is 2.32. The highest BCUT2D eigenvalue weighted by Crippen LogP contribution is 2.25. The van der Waals surface area contributed by atoms with Gasteiger partial charge in [-0.2, -0.15) is 0 Å². The minimum Gasteiger partial charge on any atom is -0.350 e. The van der Waals surface area contributed by atoms with Crippen molar-refractivity contribution in [2.24, 2.45) is 0 Å². The van der Waals surface area contributed by atoms with Gasteiger partial charge in [-0.05, 0) is 19.2 Å². The summed E-state index contributed by atoms with van der Waals surface area (Å²) in [5.41, 5.74) is 1.22. The Bertz CT molecular complexity index is 403. The van der Waals surface area contributed by atoms with E-state index in [9.17, 15) is 0 Å². The zero-order valence-electron chi connectivity index (χ0n) is 9.08. The number of hydrogen-bond acceptors (Lipinski definition) is 2. The van der Waals surface area contributed by atoms with E-state index in [0.29, 0.717) is 5.25 Å². The molecule has 15 heavy (non-hydrogen) atoms. The van der Waals surface area contributed by atoms with Crippen LogP contribution in [0.25, 0.3) is 10.9 Å². The van der Waals surface area contributed by atoms with Crippen LogP contribution in [0.2, 0.25) is 0 Å². The van der Waals surface area contributed by atoms with Crippen LogP contribution in [-0.4, -0.2) is 23.8 Å². The van der Waals surface area contributed by atoms with E-state index in [-0.39, 0.29) is 0 Å². The highest BCUT2D eigenvalue weighted by molar-refractivity contribution is 7.99. The van der Waals surface area contributed by atoms with Gasteiger partial charge in [-0.1, -0.05) is 25.1 Å². The molecule has 2 rings (SSSR count). The quantitative estimate of drug-likeness (QED) is 0.775. The second-order valence-corrected chi connectivity index (χ2v) is 5.19. The van der Waals surface area contributed by atoms with Gasteiger partial charge in [0.2, 0.25) is 0 Å². The Morgan fingerprint density at radius 1 is 1.40 bits per heavy atom. The maximum atomic E-state index is 3.42. The Morgan fingerprint density at radius 2 is 2.20 bits per heavy atom. The molecule has 1 heterocycles. The van der Waals surface area contributed by atoms with E-state index in [2.05, 4.69) is 47.6 Å². The number of aromatic amines is 1. The zero-order chi connectivity index (χ0) is 10.7. The van der Waals surface area contributed by atoms with Gasteiger partial charge in [0.25, 0.3) is 0 Å². The molecule has 0 bridgehead atoms. The molecular weight excluding hydrogens is 204 g/mol. The number of fused-ring (bicyclic) bond motifs is 1. The van der Waals surface area contributed by atoms with Crippen LogP contribution in [0.15, 0.2) is 35.4 Å². The minimum atomic E-state index is 0.586. The van der Waals surface area contributed by atoms with Crippen molar-refractivity contribution in [1.82, 2.24) is 10.3 Å². The normalized spacial score (nSPS) is 13.2. The lowest BCUT2D eigenvalue weighted by molar-refractivity contribution is 0.784. The van der Waals surface area contributed by atoms with Gasteiger partial charge in [0.15, 0.2) is 0 Å². The summed E-state index contributed by atoms with van der Waals surface area (Å²) in [5.74, 6) is 0. The molecule has 1 aromatic carbocycles. The number of hydrogen-bond donors (Lipinski definition) is 2. The monoisotopic (exact) mass is 220 g/mol. The van der Waals surface area contributed by atoms with Gasteiger partial charge in [0.05, 0.1) is 5.03 Å². The Morgan fingerprint density at radius 3 is 2.93 bits per heavy atom. The van der Waals surface area contributed by atoms with Gasteiger partial charge >= 0.3 is 0 Å². The molecule has 0 saturated heterocycles. The van der Waals surface area contributed by atoms with Crippen LogP contribution in [0.3, 0.4) is 0 Å². The molecule has 2 N–H and O–H groups in total. The number of para-hydroxylation sites is 1. The zero-order valence-corrected chi connectivity index (χ0v) is 9.90. The summed E-state index contributed by atoms with van der Waals surface area (Å²) in [7, 11) is 1.99. The number of thioether (sulfide) groups is 1. The van der Waals surface area contributed by atoms with E-state index < -0.39 is 0 Å². The molecule has 2 aromatic rings. The molecule has 1 aromatic heterocycles. The lowest BCUT2D eigenvalue weighted by Gasteiger charge is -2.07. The van der Waals surface area contributed by atoms with E-state index in [1.165, 1.54) is 15.9 Å². The van der Waals surface area contributed by atoms with Crippen LogP contribution in [0.5, 0.6) is 0 Å². The average Bonchev–Trinajstić information content (AvgIpc) is 2.59. The molecule has 0 aliphatic heterocycles. The van der Waals surface area contributed by atoms with E-state index in [0.717, 1.165) is 6.54 Å². The van der Waals surface area contributed by atoms with Crippen LogP contribution in [0, 0.1) is 0 Å². The van der Waals surface area contributed by atoms with Gasteiger partial charge in [-0.25, -0.2) is 0 Å². The van der Waals surface area contributed by atoms with Crippen molar-refractivity contribution < 1.29 is 0 Å². The Balaban J connectivity index is 2.15. The van der Waals surface area contributed by atoms with Crippen molar-refractivity contribution in [3.05, 3.63) is 30.3 Å². The fraction of sp³-hybridized carbons (Fsp3) is 0.333. The number of H-pyrrole nitrogens is 1. The smallest absolute Gasteiger partial charge is 0.0735 e. The maximum Gasteiger partial charge on any atom is 0.0735 e. The van der Waals surface area contributed by atoms with E-state index in [4.69, 9.17) is 0 Å². The molecule has 0 saturated carbocycles. The van der Waals surface area contributed by atoms with Crippen molar-refractivity contribution in [2.75, 3.05) is 13.6 Å². The lowest BCUT2D eigenvalue weighted by atomic mass is 10.3. The SMILES string of the molecule is CNCC(C)Sc1cc2ccccc2[nH]1. The first-order valence-electron chi connectivity index (χ1n) is 5.18. The highest BCUT2D eigenvalue weighted by atomic mass is 32.2. The van der Waals surface area contributed by atoms with Gasteiger partial charge < -0.3 is 10.3 Å². The average molecular weight is 220 g/mol. The first-order valence-corrected chi connectivity index (χ1v) is 6.06.